The summed E-state index contributed by atoms with van der Waals surface area (Å²) in [6, 6.07) is -0.352. The van der Waals surface area contributed by atoms with E-state index in [-0.39, 0.29) is 35.7 Å². The number of carbonyl (C=O) groups excluding carboxylic acids is 5. The summed E-state index contributed by atoms with van der Waals surface area (Å²) in [6.45, 7) is 22.7. The van der Waals surface area contributed by atoms with E-state index in [1.165, 1.54) is 0 Å². The molecule has 0 unspecified atom stereocenters. The molecule has 0 aromatic carbocycles. The van der Waals surface area contributed by atoms with Crippen molar-refractivity contribution >= 4 is 35.9 Å². The van der Waals surface area contributed by atoms with Crippen molar-refractivity contribution in [3.05, 3.63) is 11.9 Å². The van der Waals surface area contributed by atoms with Gasteiger partial charge in [-0.05, 0) is 100 Å². The Labute approximate surface area is 359 Å². The lowest BCUT2D eigenvalue weighted by Gasteiger charge is -2.35. The Bertz CT molecular complexity index is 1480. The minimum Gasteiger partial charge on any atom is -0.444 e. The third-order valence-electron chi connectivity index (χ3n) is 9.80. The second-order valence-electron chi connectivity index (χ2n) is 19.0. The van der Waals surface area contributed by atoms with E-state index in [0.29, 0.717) is 58.4 Å². The van der Waals surface area contributed by atoms with Crippen LogP contribution in [-0.4, -0.2) is 110 Å². The Hall–Kier alpha value is -4.24. The van der Waals surface area contributed by atoms with Crippen molar-refractivity contribution < 1.29 is 38.2 Å². The number of ketones is 1. The average Bonchev–Trinajstić information content (AvgIpc) is 3.59. The number of Topliss-reactive ketones (excluding diaryl/α,β-unsaturated/α-hetero) is 1. The first-order valence-electron chi connectivity index (χ1n) is 22.3. The quantitative estimate of drug-likeness (QED) is 0.0526. The Kier molecular flexibility index (Phi) is 22.1. The molecule has 1 saturated heterocycles. The maximum absolute atomic E-state index is 13.5. The zero-order valence-corrected chi connectivity index (χ0v) is 38.8. The van der Waals surface area contributed by atoms with Crippen molar-refractivity contribution in [3.63, 3.8) is 0 Å². The maximum Gasteiger partial charge on any atom is 0.414 e. The molecule has 1 aliphatic rings. The standard InChI is InChI=1S/C44H78N8O8/c1-12-33(2)37(52-32-34(48-49-52)24-22-23-27-45-38(46-39(55)58-42(3,4)5)47-40(56)59-43(6,7)8)35(53)25-20-18-16-14-13-15-17-19-21-26-36(54)50-28-30-51(31-29-50)41(57)60-44(9,10)11/h32-33,37H,12-31H2,1-11H3,(H2,45,46,47,55,56)/t33-,37-/m0/s1. The number of unbranched alkanes of at least 4 members (excludes halogenated alkanes) is 9. The van der Waals surface area contributed by atoms with Crippen molar-refractivity contribution in [1.82, 2.24) is 35.4 Å². The van der Waals surface area contributed by atoms with Gasteiger partial charge in [0.25, 0.3) is 0 Å². The predicted octanol–water partition coefficient (Wildman–Crippen LogP) is 8.53. The van der Waals surface area contributed by atoms with Gasteiger partial charge in [-0.15, -0.1) is 5.10 Å². The highest BCUT2D eigenvalue weighted by Crippen LogP contribution is 2.25. The molecule has 2 rings (SSSR count). The highest BCUT2D eigenvalue weighted by atomic mass is 16.6. The van der Waals surface area contributed by atoms with Crippen molar-refractivity contribution in [2.75, 3.05) is 32.7 Å². The minimum absolute atomic E-state index is 0.0531. The number of carbonyl (C=O) groups is 5. The van der Waals surface area contributed by atoms with Crippen molar-refractivity contribution in [2.45, 2.75) is 195 Å². The fraction of sp³-hybridized carbons (Fsp3) is 0.818. The largest absolute Gasteiger partial charge is 0.444 e. The van der Waals surface area contributed by atoms with Crippen LogP contribution in [0.4, 0.5) is 14.4 Å². The minimum atomic E-state index is -0.740. The van der Waals surface area contributed by atoms with Crippen LogP contribution in [0.15, 0.2) is 11.2 Å². The monoisotopic (exact) mass is 847 g/mol. The SMILES string of the molecule is CC[C@H](C)[C@@H](C(=O)CCCCCCCCCCCC(=O)N1CCN(C(=O)OC(C)(C)C)CC1)n1cc(CCCCN=C(NC(=O)OC(C)(C)C)NC(=O)OC(C)(C)C)nn1. The summed E-state index contributed by atoms with van der Waals surface area (Å²) in [6.07, 6.45) is 13.5. The lowest BCUT2D eigenvalue weighted by atomic mass is 9.92. The maximum atomic E-state index is 13.5. The summed E-state index contributed by atoms with van der Waals surface area (Å²) in [5, 5.41) is 13.7. The molecule has 2 atom stereocenters. The zero-order valence-electron chi connectivity index (χ0n) is 38.8. The molecule has 342 valence electrons. The third-order valence-corrected chi connectivity index (χ3v) is 9.80. The highest BCUT2D eigenvalue weighted by Gasteiger charge is 2.29. The van der Waals surface area contributed by atoms with Crippen LogP contribution >= 0.6 is 0 Å². The topological polar surface area (TPSA) is 187 Å². The van der Waals surface area contributed by atoms with Crippen LogP contribution in [0.25, 0.3) is 0 Å². The average molecular weight is 847 g/mol. The van der Waals surface area contributed by atoms with Crippen LogP contribution in [0.3, 0.4) is 0 Å². The summed E-state index contributed by atoms with van der Waals surface area (Å²) in [7, 11) is 0. The lowest BCUT2D eigenvalue weighted by molar-refractivity contribution is -0.133. The smallest absolute Gasteiger partial charge is 0.414 e. The Morgan fingerprint density at radius 3 is 1.67 bits per heavy atom. The van der Waals surface area contributed by atoms with E-state index in [0.717, 1.165) is 76.3 Å². The number of aliphatic imine (C=N–C) groups is 1. The van der Waals surface area contributed by atoms with Crippen LogP contribution < -0.4 is 10.6 Å². The van der Waals surface area contributed by atoms with Gasteiger partial charge in [-0.2, -0.15) is 0 Å². The van der Waals surface area contributed by atoms with Crippen molar-refractivity contribution in [3.8, 4) is 0 Å². The van der Waals surface area contributed by atoms with E-state index in [9.17, 15) is 24.0 Å². The number of aromatic nitrogens is 3. The number of hydrogen-bond acceptors (Lipinski definition) is 11. The molecule has 1 aliphatic heterocycles. The van der Waals surface area contributed by atoms with E-state index in [1.807, 2.05) is 31.9 Å². The van der Waals surface area contributed by atoms with Gasteiger partial charge in [-0.25, -0.2) is 19.1 Å². The molecule has 0 bridgehead atoms. The molecule has 60 heavy (non-hydrogen) atoms. The summed E-state index contributed by atoms with van der Waals surface area (Å²) in [5.41, 5.74) is -1.18. The van der Waals surface area contributed by atoms with Gasteiger partial charge >= 0.3 is 18.3 Å². The van der Waals surface area contributed by atoms with Gasteiger partial charge in [0, 0.05) is 51.8 Å². The third kappa shape index (κ3) is 22.4. The van der Waals surface area contributed by atoms with Crippen LogP contribution in [0.2, 0.25) is 0 Å². The number of amides is 4. The van der Waals surface area contributed by atoms with Crippen LogP contribution in [0.1, 0.15) is 178 Å². The number of piperazine rings is 1. The molecule has 2 N–H and O–H groups in total. The molecule has 0 spiro atoms. The van der Waals surface area contributed by atoms with Gasteiger partial charge in [0.15, 0.2) is 5.78 Å². The normalized spacial score (nSPS) is 14.5. The predicted molar refractivity (Wildman–Crippen MR) is 233 cm³/mol. The van der Waals surface area contributed by atoms with Gasteiger partial charge in [0.2, 0.25) is 11.9 Å². The number of ether oxygens (including phenoxy) is 3. The first kappa shape index (κ1) is 51.9. The van der Waals surface area contributed by atoms with Crippen LogP contribution in [0.5, 0.6) is 0 Å². The fourth-order valence-electron chi connectivity index (χ4n) is 6.62. The Balaban J connectivity index is 1.67. The van der Waals surface area contributed by atoms with E-state index in [4.69, 9.17) is 14.2 Å². The van der Waals surface area contributed by atoms with Crippen LogP contribution in [0, 0.1) is 5.92 Å². The van der Waals surface area contributed by atoms with E-state index in [1.54, 1.807) is 51.1 Å². The fourth-order valence-corrected chi connectivity index (χ4v) is 6.62. The first-order chi connectivity index (χ1) is 28.1. The van der Waals surface area contributed by atoms with Gasteiger partial charge in [-0.1, -0.05) is 70.4 Å². The second kappa shape index (κ2) is 25.5. The molecular weight excluding hydrogens is 769 g/mol. The van der Waals surface area contributed by atoms with Crippen LogP contribution in [-0.2, 0) is 30.2 Å². The Morgan fingerprint density at radius 2 is 1.17 bits per heavy atom. The number of nitrogens with one attached hydrogen (secondary N) is 2. The summed E-state index contributed by atoms with van der Waals surface area (Å²) in [4.78, 5) is 71.0. The van der Waals surface area contributed by atoms with Crippen molar-refractivity contribution in [1.29, 1.82) is 0 Å². The number of hydrogen-bond donors (Lipinski definition) is 2. The molecule has 0 radical (unpaired) electrons. The van der Waals surface area contributed by atoms with Gasteiger partial charge < -0.3 is 24.0 Å². The molecular formula is C44H78N8O8. The molecule has 1 aromatic rings. The molecule has 16 nitrogen and oxygen atoms in total. The highest BCUT2D eigenvalue weighted by molar-refractivity contribution is 6.01. The van der Waals surface area contributed by atoms with E-state index < -0.39 is 29.0 Å². The number of guanidine groups is 1. The molecule has 1 fully saturated rings. The molecule has 0 aliphatic carbocycles. The molecule has 2 heterocycles. The van der Waals surface area contributed by atoms with Crippen molar-refractivity contribution in [2.24, 2.45) is 10.9 Å². The molecule has 16 heteroatoms. The van der Waals surface area contributed by atoms with E-state index >= 15 is 0 Å². The Morgan fingerprint density at radius 1 is 0.683 bits per heavy atom. The zero-order chi connectivity index (χ0) is 44.9. The number of nitrogens with zero attached hydrogens (tertiary/aromatic N) is 6. The lowest BCUT2D eigenvalue weighted by Crippen LogP contribution is -2.51. The van der Waals surface area contributed by atoms with E-state index in [2.05, 4.69) is 39.8 Å². The summed E-state index contributed by atoms with van der Waals surface area (Å²) in [5.74, 6) is 0.435. The van der Waals surface area contributed by atoms with Gasteiger partial charge in [0.05, 0.1) is 5.69 Å². The summed E-state index contributed by atoms with van der Waals surface area (Å²) < 4.78 is 17.8. The van der Waals surface area contributed by atoms with Gasteiger partial charge in [0.1, 0.15) is 22.8 Å². The molecule has 1 aromatic heterocycles. The second-order valence-corrected chi connectivity index (χ2v) is 19.0. The molecule has 4 amide bonds. The van der Waals surface area contributed by atoms with Gasteiger partial charge in [-0.3, -0.25) is 25.2 Å². The molecule has 0 saturated carbocycles. The number of rotatable bonds is 21. The number of alkyl carbamates (subject to hydrolysis) is 2. The first-order valence-corrected chi connectivity index (χ1v) is 22.3. The summed E-state index contributed by atoms with van der Waals surface area (Å²) >= 11 is 0. The number of aryl methyl sites for hydroxylation is 1.